The van der Waals surface area contributed by atoms with Crippen molar-refractivity contribution in [3.05, 3.63) is 24.3 Å². The van der Waals surface area contributed by atoms with Crippen LogP contribution in [0, 0.1) is 11.8 Å². The van der Waals surface area contributed by atoms with E-state index in [1.807, 2.05) is 6.20 Å². The van der Waals surface area contributed by atoms with Gasteiger partial charge >= 0.3 is 6.36 Å². The number of halogens is 3. The molecule has 2 bridgehead atoms. The molecule has 0 radical (unpaired) electrons. The van der Waals surface area contributed by atoms with Crippen molar-refractivity contribution in [2.45, 2.75) is 56.7 Å². The number of aliphatic hydroxyl groups excluding tert-OH is 1. The molecule has 2 aromatic rings. The van der Waals surface area contributed by atoms with Gasteiger partial charge in [-0.05, 0) is 37.8 Å². The zero-order valence-corrected chi connectivity index (χ0v) is 19.9. The van der Waals surface area contributed by atoms with Gasteiger partial charge in [-0.15, -0.1) is 13.2 Å². The molecule has 0 aromatic carbocycles. The van der Waals surface area contributed by atoms with E-state index < -0.39 is 18.2 Å². The minimum absolute atomic E-state index is 0.0441. The van der Waals surface area contributed by atoms with Crippen molar-refractivity contribution in [3.63, 3.8) is 0 Å². The molecule has 7 rings (SSSR count). The topological polar surface area (TPSA) is 92.7 Å². The van der Waals surface area contributed by atoms with Crippen LogP contribution in [-0.2, 0) is 5.54 Å². The number of alkyl halides is 3. The molecule has 4 heterocycles. The van der Waals surface area contributed by atoms with Crippen LogP contribution in [0.2, 0.25) is 0 Å². The average Bonchev–Trinajstić information content (AvgIpc) is 3.18. The maximum atomic E-state index is 12.8. The van der Waals surface area contributed by atoms with Crippen LogP contribution in [0.4, 0.5) is 19.0 Å². The number of rotatable bonds is 5. The molecule has 11 heteroatoms. The summed E-state index contributed by atoms with van der Waals surface area (Å²) in [6.07, 6.45) is 0.823. The van der Waals surface area contributed by atoms with E-state index in [0.29, 0.717) is 23.0 Å². The Hall–Kier alpha value is -2.37. The van der Waals surface area contributed by atoms with Crippen molar-refractivity contribution in [3.8, 4) is 17.0 Å². The summed E-state index contributed by atoms with van der Waals surface area (Å²) in [5.74, 6) is 0.0390. The summed E-state index contributed by atoms with van der Waals surface area (Å²) < 4.78 is 44.5. The van der Waals surface area contributed by atoms with Crippen molar-refractivity contribution in [2.24, 2.45) is 11.8 Å². The Kier molecular flexibility index (Phi) is 4.98. The second kappa shape index (κ2) is 7.57. The summed E-state index contributed by atoms with van der Waals surface area (Å²) >= 11 is 0. The summed E-state index contributed by atoms with van der Waals surface area (Å²) in [6.45, 7) is 9.72. The van der Waals surface area contributed by atoms with Gasteiger partial charge < -0.3 is 25.0 Å². The monoisotopic (exact) mass is 492 g/mol. The first-order valence-corrected chi connectivity index (χ1v) is 12.3. The van der Waals surface area contributed by atoms with E-state index in [4.69, 9.17) is 5.73 Å². The van der Waals surface area contributed by atoms with Crippen molar-refractivity contribution < 1.29 is 23.0 Å². The number of imidazole rings is 1. The highest BCUT2D eigenvalue weighted by Gasteiger charge is 2.81. The maximum absolute atomic E-state index is 12.8. The SMILES string of the molecule is CCCN1CCN(C23CC4(C2)C3C(C)C(O)c2nc(-c3cnc(N)c(OC(F)(F)F)c3)cn24)CC1. The molecular weight excluding hydrogens is 461 g/mol. The normalized spacial score (nSPS) is 34.5. The lowest BCUT2D eigenvalue weighted by atomic mass is 9.32. The Balaban J connectivity index is 1.28. The lowest BCUT2D eigenvalue weighted by Crippen LogP contribution is -2.88. The van der Waals surface area contributed by atoms with Gasteiger partial charge in [0.25, 0.3) is 0 Å². The van der Waals surface area contributed by atoms with Gasteiger partial charge in [-0.2, -0.15) is 0 Å². The Bertz CT molecular complexity index is 1140. The standard InChI is InChI=1S/C24H31F3N6O2/c1-3-4-31-5-7-32(8-6-31)22-12-23(13-22)19(22)14(2)18(34)21-30-16(11-33(21)23)15-9-17(20(28)29-10-15)35-24(25,26)27/h9-11,14,18-19,34H,3-8,12-13H2,1-2H3,(H2,28,29). The van der Waals surface area contributed by atoms with Crippen LogP contribution in [0.1, 0.15) is 45.0 Å². The van der Waals surface area contributed by atoms with Crippen LogP contribution in [0.25, 0.3) is 11.3 Å². The number of anilines is 1. The van der Waals surface area contributed by atoms with Crippen LogP contribution in [0.5, 0.6) is 5.75 Å². The van der Waals surface area contributed by atoms with E-state index >= 15 is 0 Å². The molecule has 3 saturated carbocycles. The molecule has 5 aliphatic rings. The van der Waals surface area contributed by atoms with Crippen LogP contribution >= 0.6 is 0 Å². The van der Waals surface area contributed by atoms with Crippen molar-refractivity contribution in [2.75, 3.05) is 38.5 Å². The Morgan fingerprint density at radius 1 is 1.20 bits per heavy atom. The van der Waals surface area contributed by atoms with E-state index in [-0.39, 0.29) is 22.8 Å². The molecule has 3 atom stereocenters. The van der Waals surface area contributed by atoms with E-state index in [9.17, 15) is 18.3 Å². The molecule has 3 unspecified atom stereocenters. The first-order valence-electron chi connectivity index (χ1n) is 12.3. The molecular formula is C24H31F3N6O2. The number of pyridine rings is 1. The van der Waals surface area contributed by atoms with Crippen molar-refractivity contribution in [1.29, 1.82) is 0 Å². The average molecular weight is 493 g/mol. The minimum atomic E-state index is -4.87. The fourth-order valence-electron chi connectivity index (χ4n) is 7.46. The number of nitrogens with two attached hydrogens (primary N) is 1. The van der Waals surface area contributed by atoms with Gasteiger partial charge in [-0.1, -0.05) is 13.8 Å². The number of nitrogens with zero attached hydrogens (tertiary/aromatic N) is 5. The summed E-state index contributed by atoms with van der Waals surface area (Å²) in [4.78, 5) is 13.7. The Labute approximate surface area is 201 Å². The second-order valence-electron chi connectivity index (χ2n) is 10.7. The highest BCUT2D eigenvalue weighted by molar-refractivity contribution is 5.64. The van der Waals surface area contributed by atoms with E-state index in [1.54, 1.807) is 0 Å². The Morgan fingerprint density at radius 2 is 1.91 bits per heavy atom. The highest BCUT2D eigenvalue weighted by atomic mass is 19.4. The maximum Gasteiger partial charge on any atom is 0.573 e. The number of nitrogen functional groups attached to an aromatic ring is 1. The minimum Gasteiger partial charge on any atom is -0.402 e. The predicted octanol–water partition coefficient (Wildman–Crippen LogP) is 2.99. The lowest BCUT2D eigenvalue weighted by molar-refractivity contribution is -0.312. The number of aromatic nitrogens is 3. The number of hydrogen-bond donors (Lipinski definition) is 2. The highest BCUT2D eigenvalue weighted by Crippen LogP contribution is 2.77. The molecule has 0 amide bonds. The molecule has 3 aliphatic carbocycles. The van der Waals surface area contributed by atoms with Crippen LogP contribution in [0.15, 0.2) is 18.5 Å². The fraction of sp³-hybridized carbons (Fsp3) is 0.667. The largest absolute Gasteiger partial charge is 0.573 e. The van der Waals surface area contributed by atoms with Crippen LogP contribution in [-0.4, -0.2) is 74.1 Å². The third-order valence-electron chi connectivity index (χ3n) is 8.83. The smallest absolute Gasteiger partial charge is 0.402 e. The molecule has 2 aliphatic heterocycles. The first-order chi connectivity index (χ1) is 16.6. The molecule has 8 nitrogen and oxygen atoms in total. The van der Waals surface area contributed by atoms with Gasteiger partial charge in [0, 0.05) is 55.6 Å². The van der Waals surface area contributed by atoms with Crippen molar-refractivity contribution in [1.82, 2.24) is 24.3 Å². The fourth-order valence-corrected chi connectivity index (χ4v) is 7.46. The number of aliphatic hydroxyl groups is 1. The predicted molar refractivity (Wildman–Crippen MR) is 122 cm³/mol. The second-order valence-corrected chi connectivity index (χ2v) is 10.7. The molecule has 35 heavy (non-hydrogen) atoms. The summed E-state index contributed by atoms with van der Waals surface area (Å²) in [6, 6.07) is 1.21. The lowest BCUT2D eigenvalue weighted by Gasteiger charge is -2.82. The molecule has 3 N–H and O–H groups in total. The molecule has 1 spiro atoms. The molecule has 2 aromatic heterocycles. The quantitative estimate of drug-likeness (QED) is 0.663. The van der Waals surface area contributed by atoms with E-state index in [0.717, 1.165) is 45.6 Å². The molecule has 190 valence electrons. The van der Waals surface area contributed by atoms with E-state index in [1.165, 1.54) is 18.7 Å². The van der Waals surface area contributed by atoms with Crippen molar-refractivity contribution >= 4 is 5.82 Å². The first kappa shape index (κ1) is 23.1. The summed E-state index contributed by atoms with van der Waals surface area (Å²) in [7, 11) is 0. The number of hydrogen-bond acceptors (Lipinski definition) is 7. The van der Waals surface area contributed by atoms with E-state index in [2.05, 4.69) is 42.9 Å². The van der Waals surface area contributed by atoms with Gasteiger partial charge in [0.1, 0.15) is 11.9 Å². The third kappa shape index (κ3) is 3.24. The number of piperazine rings is 1. The zero-order chi connectivity index (χ0) is 24.8. The summed E-state index contributed by atoms with van der Waals surface area (Å²) in [5, 5.41) is 11.2. The Morgan fingerprint density at radius 3 is 2.57 bits per heavy atom. The van der Waals surface area contributed by atoms with Crippen LogP contribution < -0.4 is 10.5 Å². The van der Waals surface area contributed by atoms with Crippen LogP contribution in [0.3, 0.4) is 0 Å². The molecule has 4 fully saturated rings. The molecule has 1 saturated heterocycles. The van der Waals surface area contributed by atoms with Gasteiger partial charge in [0.15, 0.2) is 11.6 Å². The zero-order valence-electron chi connectivity index (χ0n) is 19.9. The van der Waals surface area contributed by atoms with Gasteiger partial charge in [0.2, 0.25) is 0 Å². The number of ether oxygens (including phenoxy) is 1. The van der Waals surface area contributed by atoms with Gasteiger partial charge in [0.05, 0.1) is 11.2 Å². The third-order valence-corrected chi connectivity index (χ3v) is 8.83. The summed E-state index contributed by atoms with van der Waals surface area (Å²) in [5.41, 5.74) is 6.44. The number of fused-ring (bicyclic) bond motifs is 1. The van der Waals surface area contributed by atoms with Gasteiger partial charge in [-0.25, -0.2) is 9.97 Å². The van der Waals surface area contributed by atoms with Gasteiger partial charge in [-0.3, -0.25) is 4.90 Å².